The van der Waals surface area contributed by atoms with Crippen LogP contribution in [0.4, 0.5) is 0 Å². The number of ether oxygens (including phenoxy) is 1. The van der Waals surface area contributed by atoms with Crippen LogP contribution in [0.15, 0.2) is 48.5 Å². The normalized spacial score (nSPS) is 14.3. The summed E-state index contributed by atoms with van der Waals surface area (Å²) < 4.78 is 5.13. The number of nitrogens with zero attached hydrogens (tertiary/aromatic N) is 1. The number of carbonyl (C=O) groups excluding carboxylic acids is 2. The highest BCUT2D eigenvalue weighted by Crippen LogP contribution is 2.23. The number of amides is 2. The van der Waals surface area contributed by atoms with Crippen molar-refractivity contribution in [2.75, 3.05) is 26.9 Å². The Labute approximate surface area is 171 Å². The topological polar surface area (TPSA) is 67.9 Å². The molecule has 0 saturated carbocycles. The van der Waals surface area contributed by atoms with Gasteiger partial charge in [-0.25, -0.2) is 0 Å². The van der Waals surface area contributed by atoms with Crippen LogP contribution in [0.1, 0.15) is 57.1 Å². The van der Waals surface area contributed by atoms with E-state index >= 15 is 0 Å². The van der Waals surface area contributed by atoms with E-state index in [1.165, 1.54) is 10.5 Å². The predicted octanol–water partition coefficient (Wildman–Crippen LogP) is 3.67. The molecular formula is C23H28N2O4. The number of methoxy groups -OCH3 is 1. The van der Waals surface area contributed by atoms with Crippen LogP contribution < -0.4 is 5.48 Å². The van der Waals surface area contributed by atoms with Crippen LogP contribution in [-0.2, 0) is 9.57 Å². The van der Waals surface area contributed by atoms with Gasteiger partial charge in [0.25, 0.3) is 11.8 Å². The zero-order chi connectivity index (χ0) is 20.6. The summed E-state index contributed by atoms with van der Waals surface area (Å²) in [6.07, 6.45) is 2.89. The van der Waals surface area contributed by atoms with Crippen molar-refractivity contribution in [2.45, 2.75) is 32.2 Å². The maximum absolute atomic E-state index is 12.4. The van der Waals surface area contributed by atoms with Gasteiger partial charge in [-0.15, -0.1) is 0 Å². The molecule has 1 heterocycles. The van der Waals surface area contributed by atoms with E-state index in [-0.39, 0.29) is 31.0 Å². The quantitative estimate of drug-likeness (QED) is 0.357. The number of benzene rings is 2. The molecule has 0 spiro atoms. The van der Waals surface area contributed by atoms with Crippen molar-refractivity contribution < 1.29 is 19.2 Å². The minimum absolute atomic E-state index is 0.0367. The summed E-state index contributed by atoms with van der Waals surface area (Å²) >= 11 is 0. The lowest BCUT2D eigenvalue weighted by Gasteiger charge is -2.20. The fraction of sp³-hybridized carbons (Fsp3) is 0.391. The summed E-state index contributed by atoms with van der Waals surface area (Å²) in [5.41, 5.74) is 6.39. The van der Waals surface area contributed by atoms with Crippen molar-refractivity contribution in [3.05, 3.63) is 70.8 Å². The van der Waals surface area contributed by atoms with Gasteiger partial charge in [-0.2, -0.15) is 5.48 Å². The molecule has 1 N–H and O–H groups in total. The summed E-state index contributed by atoms with van der Waals surface area (Å²) in [4.78, 5) is 31.7. The van der Waals surface area contributed by atoms with Gasteiger partial charge in [0.1, 0.15) is 0 Å². The van der Waals surface area contributed by atoms with Gasteiger partial charge in [0, 0.05) is 13.7 Å². The van der Waals surface area contributed by atoms with Gasteiger partial charge < -0.3 is 4.74 Å². The Balaban J connectivity index is 1.52. The van der Waals surface area contributed by atoms with Crippen molar-refractivity contribution in [2.24, 2.45) is 0 Å². The molecule has 29 heavy (non-hydrogen) atoms. The molecule has 2 amide bonds. The predicted molar refractivity (Wildman–Crippen MR) is 111 cm³/mol. The average Bonchev–Trinajstić information content (AvgIpc) is 2.98. The molecule has 0 aromatic heterocycles. The molecule has 1 aliphatic rings. The summed E-state index contributed by atoms with van der Waals surface area (Å²) in [6, 6.07) is 15.3. The third kappa shape index (κ3) is 5.29. The number of nitrogens with one attached hydrogen (secondary N) is 1. The maximum Gasteiger partial charge on any atom is 0.261 e. The van der Waals surface area contributed by atoms with Crippen LogP contribution in [0.2, 0.25) is 0 Å². The van der Waals surface area contributed by atoms with Crippen molar-refractivity contribution in [1.82, 2.24) is 10.4 Å². The molecule has 3 rings (SSSR count). The van der Waals surface area contributed by atoms with Gasteiger partial charge >= 0.3 is 0 Å². The number of rotatable bonds is 11. The van der Waals surface area contributed by atoms with E-state index < -0.39 is 0 Å². The van der Waals surface area contributed by atoms with Gasteiger partial charge in [-0.1, -0.05) is 42.0 Å². The zero-order valence-electron chi connectivity index (χ0n) is 17.0. The zero-order valence-corrected chi connectivity index (χ0v) is 17.0. The highest BCUT2D eigenvalue weighted by atomic mass is 16.6. The van der Waals surface area contributed by atoms with Crippen LogP contribution in [-0.4, -0.2) is 43.6 Å². The van der Waals surface area contributed by atoms with Crippen molar-refractivity contribution >= 4 is 11.8 Å². The van der Waals surface area contributed by atoms with E-state index in [2.05, 4.69) is 36.7 Å². The maximum atomic E-state index is 12.4. The minimum Gasteiger partial charge on any atom is -0.385 e. The van der Waals surface area contributed by atoms with Crippen LogP contribution in [0.5, 0.6) is 0 Å². The first kappa shape index (κ1) is 21.2. The molecule has 0 aliphatic carbocycles. The van der Waals surface area contributed by atoms with E-state index in [0.29, 0.717) is 11.1 Å². The molecule has 0 saturated heterocycles. The number of hydroxylamine groups is 1. The molecule has 6 nitrogen and oxygen atoms in total. The van der Waals surface area contributed by atoms with Crippen LogP contribution in [0, 0.1) is 6.92 Å². The number of carbonyl (C=O) groups is 2. The van der Waals surface area contributed by atoms with E-state index in [9.17, 15) is 9.59 Å². The van der Waals surface area contributed by atoms with E-state index in [1.807, 2.05) is 0 Å². The van der Waals surface area contributed by atoms with Gasteiger partial charge in [-0.05, 0) is 43.9 Å². The summed E-state index contributed by atoms with van der Waals surface area (Å²) in [5.74, 6) is -0.521. The SMILES string of the molecule is COCCCC[C@@H](NOCCN1C(=O)c2ccccc2C1=O)c1ccc(C)cc1. The second-order valence-corrected chi connectivity index (χ2v) is 7.23. The van der Waals surface area contributed by atoms with E-state index in [4.69, 9.17) is 9.57 Å². The Morgan fingerprint density at radius 1 is 0.931 bits per heavy atom. The number of hydrogen-bond acceptors (Lipinski definition) is 5. The molecule has 154 valence electrons. The molecule has 0 radical (unpaired) electrons. The molecule has 0 unspecified atom stereocenters. The first-order valence-corrected chi connectivity index (χ1v) is 10.00. The number of aryl methyl sites for hydroxylation is 1. The lowest BCUT2D eigenvalue weighted by Crippen LogP contribution is -2.35. The Kier molecular flexibility index (Phi) is 7.52. The third-order valence-corrected chi connectivity index (χ3v) is 5.09. The third-order valence-electron chi connectivity index (χ3n) is 5.09. The van der Waals surface area contributed by atoms with Crippen molar-refractivity contribution in [1.29, 1.82) is 0 Å². The van der Waals surface area contributed by atoms with Gasteiger partial charge in [0.2, 0.25) is 0 Å². The van der Waals surface area contributed by atoms with Crippen LogP contribution >= 0.6 is 0 Å². The Morgan fingerprint density at radius 3 is 2.21 bits per heavy atom. The molecule has 6 heteroatoms. The standard InChI is InChI=1S/C23H28N2O4/c1-17-10-12-18(13-11-17)21(9-5-6-15-28-2)24-29-16-14-25-22(26)19-7-3-4-8-20(19)23(25)27/h3-4,7-8,10-13,21,24H,5-6,9,14-16H2,1-2H3/t21-/m1/s1. The minimum atomic E-state index is -0.260. The Hall–Kier alpha value is -2.54. The molecule has 1 aliphatic heterocycles. The monoisotopic (exact) mass is 396 g/mol. The highest BCUT2D eigenvalue weighted by Gasteiger charge is 2.34. The van der Waals surface area contributed by atoms with Gasteiger partial charge in [0.05, 0.1) is 30.3 Å². The van der Waals surface area contributed by atoms with Gasteiger partial charge in [0.15, 0.2) is 0 Å². The fourth-order valence-corrected chi connectivity index (χ4v) is 3.43. The smallest absolute Gasteiger partial charge is 0.261 e. The Bertz CT molecular complexity index is 800. The molecular weight excluding hydrogens is 368 g/mol. The largest absolute Gasteiger partial charge is 0.385 e. The highest BCUT2D eigenvalue weighted by molar-refractivity contribution is 6.21. The first-order valence-electron chi connectivity index (χ1n) is 10.00. The van der Waals surface area contributed by atoms with Crippen molar-refractivity contribution in [3.63, 3.8) is 0 Å². The summed E-state index contributed by atoms with van der Waals surface area (Å²) in [6.45, 7) is 3.24. The average molecular weight is 396 g/mol. The molecule has 0 fully saturated rings. The van der Waals surface area contributed by atoms with E-state index in [1.54, 1.807) is 31.4 Å². The molecule has 0 bridgehead atoms. The lowest BCUT2D eigenvalue weighted by atomic mass is 10.0. The lowest BCUT2D eigenvalue weighted by molar-refractivity contribution is 0.00332. The van der Waals surface area contributed by atoms with Crippen LogP contribution in [0.3, 0.4) is 0 Å². The molecule has 1 atom stereocenters. The number of imide groups is 1. The second kappa shape index (κ2) is 10.3. The van der Waals surface area contributed by atoms with Crippen molar-refractivity contribution in [3.8, 4) is 0 Å². The number of unbranched alkanes of at least 4 members (excludes halogenated alkanes) is 1. The first-order chi connectivity index (χ1) is 14.1. The molecule has 2 aromatic carbocycles. The second-order valence-electron chi connectivity index (χ2n) is 7.23. The van der Waals surface area contributed by atoms with E-state index in [0.717, 1.165) is 31.4 Å². The summed E-state index contributed by atoms with van der Waals surface area (Å²) in [7, 11) is 1.71. The Morgan fingerprint density at radius 2 is 1.59 bits per heavy atom. The number of hydrogen-bond donors (Lipinski definition) is 1. The summed E-state index contributed by atoms with van der Waals surface area (Å²) in [5, 5.41) is 0. The molecule has 2 aromatic rings. The van der Waals surface area contributed by atoms with Crippen LogP contribution in [0.25, 0.3) is 0 Å². The fourth-order valence-electron chi connectivity index (χ4n) is 3.43. The number of fused-ring (bicyclic) bond motifs is 1. The van der Waals surface area contributed by atoms with Gasteiger partial charge in [-0.3, -0.25) is 19.3 Å².